The molecule has 1 amide bonds. The van der Waals surface area contributed by atoms with Crippen molar-refractivity contribution in [1.82, 2.24) is 5.32 Å². The van der Waals surface area contributed by atoms with Crippen LogP contribution in [0.5, 0.6) is 5.75 Å². The molecule has 4 nitrogen and oxygen atoms in total. The number of ether oxygens (including phenoxy) is 1. The molecule has 1 N–H and O–H groups in total. The smallest absolute Gasteiger partial charge is 0.260 e. The molecule has 0 aliphatic rings. The summed E-state index contributed by atoms with van der Waals surface area (Å²) < 4.78 is 5.81. The summed E-state index contributed by atoms with van der Waals surface area (Å²) in [5, 5.41) is 11.9. The minimum absolute atomic E-state index is 0.0718. The zero-order chi connectivity index (χ0) is 21.3. The fraction of sp³-hybridized carbons (Fsp3) is 0.231. The van der Waals surface area contributed by atoms with Crippen molar-refractivity contribution in [3.05, 3.63) is 90.0 Å². The van der Waals surface area contributed by atoms with Crippen LogP contribution in [0.3, 0.4) is 0 Å². The van der Waals surface area contributed by atoms with Crippen LogP contribution in [0.2, 0.25) is 0 Å². The third-order valence-corrected chi connectivity index (χ3v) is 4.98. The molecule has 152 valence electrons. The monoisotopic (exact) mass is 398 g/mol. The van der Waals surface area contributed by atoms with Crippen molar-refractivity contribution in [3.63, 3.8) is 0 Å². The van der Waals surface area contributed by atoms with Crippen LogP contribution in [0, 0.1) is 11.3 Å². The Morgan fingerprint density at radius 3 is 2.13 bits per heavy atom. The van der Waals surface area contributed by atoms with Gasteiger partial charge in [-0.05, 0) is 67.6 Å². The van der Waals surface area contributed by atoms with Crippen molar-refractivity contribution in [2.45, 2.75) is 38.8 Å². The van der Waals surface area contributed by atoms with E-state index in [-0.39, 0.29) is 11.9 Å². The van der Waals surface area contributed by atoms with Crippen LogP contribution < -0.4 is 10.1 Å². The normalized spacial score (nSPS) is 12.4. The van der Waals surface area contributed by atoms with Gasteiger partial charge in [-0.15, -0.1) is 0 Å². The van der Waals surface area contributed by atoms with E-state index in [0.29, 0.717) is 11.3 Å². The number of hydrogen-bond donors (Lipinski definition) is 1. The van der Waals surface area contributed by atoms with Crippen LogP contribution in [0.1, 0.15) is 31.4 Å². The molecule has 4 heteroatoms. The molecule has 0 spiro atoms. The van der Waals surface area contributed by atoms with Gasteiger partial charge in [-0.2, -0.15) is 5.26 Å². The summed E-state index contributed by atoms with van der Waals surface area (Å²) >= 11 is 0. The molecule has 3 aromatic carbocycles. The van der Waals surface area contributed by atoms with Crippen LogP contribution in [-0.4, -0.2) is 18.1 Å². The standard InChI is InChI=1S/C26H26N2O2/c1-19(8-9-21-6-4-3-5-7-21)28-26(29)20(2)30-25-16-14-24(15-17-25)23-12-10-22(18-27)11-13-23/h3-7,10-17,19-20H,8-9H2,1-2H3,(H,28,29)/t19-,20-/m1/s1. The summed E-state index contributed by atoms with van der Waals surface area (Å²) in [7, 11) is 0. The third kappa shape index (κ3) is 5.96. The zero-order valence-corrected chi connectivity index (χ0v) is 17.3. The summed E-state index contributed by atoms with van der Waals surface area (Å²) in [6.07, 6.45) is 1.22. The molecule has 0 heterocycles. The highest BCUT2D eigenvalue weighted by molar-refractivity contribution is 5.81. The number of amides is 1. The molecule has 0 bridgehead atoms. The second kappa shape index (κ2) is 10.3. The van der Waals surface area contributed by atoms with E-state index in [0.717, 1.165) is 24.0 Å². The molecule has 30 heavy (non-hydrogen) atoms. The lowest BCUT2D eigenvalue weighted by molar-refractivity contribution is -0.127. The van der Waals surface area contributed by atoms with Gasteiger partial charge in [-0.25, -0.2) is 0 Å². The molecule has 0 saturated heterocycles. The van der Waals surface area contributed by atoms with E-state index < -0.39 is 6.10 Å². The van der Waals surface area contributed by atoms with Gasteiger partial charge in [0.1, 0.15) is 5.75 Å². The Labute approximate surface area is 178 Å². The van der Waals surface area contributed by atoms with E-state index in [4.69, 9.17) is 10.00 Å². The minimum atomic E-state index is -0.579. The Morgan fingerprint density at radius 1 is 0.933 bits per heavy atom. The third-order valence-electron chi connectivity index (χ3n) is 4.98. The Hall–Kier alpha value is -3.58. The lowest BCUT2D eigenvalue weighted by Gasteiger charge is -2.19. The maximum absolute atomic E-state index is 12.5. The number of rotatable bonds is 8. The van der Waals surface area contributed by atoms with E-state index in [9.17, 15) is 4.79 Å². The molecule has 0 aromatic heterocycles. The first-order valence-electron chi connectivity index (χ1n) is 10.2. The van der Waals surface area contributed by atoms with Gasteiger partial charge in [-0.1, -0.05) is 54.6 Å². The zero-order valence-electron chi connectivity index (χ0n) is 17.3. The second-order valence-electron chi connectivity index (χ2n) is 7.41. The van der Waals surface area contributed by atoms with E-state index in [1.54, 1.807) is 19.1 Å². The van der Waals surface area contributed by atoms with E-state index in [2.05, 4.69) is 23.5 Å². The number of nitriles is 1. The van der Waals surface area contributed by atoms with Gasteiger partial charge in [0, 0.05) is 6.04 Å². The van der Waals surface area contributed by atoms with Crippen molar-refractivity contribution in [1.29, 1.82) is 5.26 Å². The first-order valence-corrected chi connectivity index (χ1v) is 10.2. The SMILES string of the molecule is C[C@H](CCc1ccccc1)NC(=O)[C@@H](C)Oc1ccc(-c2ccc(C#N)cc2)cc1. The minimum Gasteiger partial charge on any atom is -0.481 e. The Kier molecular flexibility index (Phi) is 7.24. The lowest BCUT2D eigenvalue weighted by Crippen LogP contribution is -2.41. The number of hydrogen-bond acceptors (Lipinski definition) is 3. The van der Waals surface area contributed by atoms with Crippen molar-refractivity contribution in [3.8, 4) is 22.9 Å². The maximum atomic E-state index is 12.5. The lowest BCUT2D eigenvalue weighted by atomic mass is 10.0. The van der Waals surface area contributed by atoms with Crippen molar-refractivity contribution < 1.29 is 9.53 Å². The predicted octanol–water partition coefficient (Wildman–Crippen LogP) is 5.13. The topological polar surface area (TPSA) is 62.1 Å². The van der Waals surface area contributed by atoms with Crippen molar-refractivity contribution in [2.24, 2.45) is 0 Å². The predicted molar refractivity (Wildman–Crippen MR) is 119 cm³/mol. The molecular weight excluding hydrogens is 372 g/mol. The second-order valence-corrected chi connectivity index (χ2v) is 7.41. The summed E-state index contributed by atoms with van der Waals surface area (Å²) in [5.74, 6) is 0.527. The Balaban J connectivity index is 1.50. The number of benzene rings is 3. The largest absolute Gasteiger partial charge is 0.481 e. The summed E-state index contributed by atoms with van der Waals surface area (Å²) in [4.78, 5) is 12.5. The highest BCUT2D eigenvalue weighted by Gasteiger charge is 2.17. The average molecular weight is 399 g/mol. The van der Waals surface area contributed by atoms with Gasteiger partial charge in [0.05, 0.1) is 11.6 Å². The molecule has 0 saturated carbocycles. The number of nitrogens with one attached hydrogen (secondary N) is 1. The first-order chi connectivity index (χ1) is 14.5. The Morgan fingerprint density at radius 2 is 1.53 bits per heavy atom. The van der Waals surface area contributed by atoms with Gasteiger partial charge >= 0.3 is 0 Å². The van der Waals surface area contributed by atoms with E-state index in [1.165, 1.54) is 5.56 Å². The van der Waals surface area contributed by atoms with Gasteiger partial charge in [-0.3, -0.25) is 4.79 Å². The van der Waals surface area contributed by atoms with E-state index in [1.807, 2.05) is 61.5 Å². The van der Waals surface area contributed by atoms with Gasteiger partial charge < -0.3 is 10.1 Å². The first kappa shape index (κ1) is 21.1. The molecule has 0 fully saturated rings. The average Bonchev–Trinajstić information content (AvgIpc) is 2.79. The Bertz CT molecular complexity index is 990. The summed E-state index contributed by atoms with van der Waals surface area (Å²) in [5.41, 5.74) is 3.96. The number of aryl methyl sites for hydroxylation is 1. The van der Waals surface area contributed by atoms with Gasteiger partial charge in [0.15, 0.2) is 6.10 Å². The number of carbonyl (C=O) groups excluding carboxylic acids is 1. The maximum Gasteiger partial charge on any atom is 0.260 e. The molecular formula is C26H26N2O2. The molecule has 2 atom stereocenters. The van der Waals surface area contributed by atoms with Crippen LogP contribution in [0.15, 0.2) is 78.9 Å². The van der Waals surface area contributed by atoms with Gasteiger partial charge in [0.25, 0.3) is 5.91 Å². The summed E-state index contributed by atoms with van der Waals surface area (Å²) in [6.45, 7) is 3.77. The molecule has 0 aliphatic heterocycles. The van der Waals surface area contributed by atoms with Crippen LogP contribution in [0.25, 0.3) is 11.1 Å². The van der Waals surface area contributed by atoms with E-state index >= 15 is 0 Å². The number of carbonyl (C=O) groups is 1. The van der Waals surface area contributed by atoms with Crippen molar-refractivity contribution >= 4 is 5.91 Å². The van der Waals surface area contributed by atoms with Crippen LogP contribution in [0.4, 0.5) is 0 Å². The molecule has 3 aromatic rings. The van der Waals surface area contributed by atoms with Gasteiger partial charge in [0.2, 0.25) is 0 Å². The number of nitrogens with zero attached hydrogens (tertiary/aromatic N) is 1. The quantitative estimate of drug-likeness (QED) is 0.572. The molecule has 0 unspecified atom stereocenters. The highest BCUT2D eigenvalue weighted by atomic mass is 16.5. The highest BCUT2D eigenvalue weighted by Crippen LogP contribution is 2.23. The fourth-order valence-electron chi connectivity index (χ4n) is 3.18. The summed E-state index contributed by atoms with van der Waals surface area (Å²) in [6, 6.07) is 27.5. The molecule has 3 rings (SSSR count). The molecule has 0 aliphatic carbocycles. The van der Waals surface area contributed by atoms with Crippen molar-refractivity contribution in [2.75, 3.05) is 0 Å². The fourth-order valence-corrected chi connectivity index (χ4v) is 3.18. The van der Waals surface area contributed by atoms with Crippen LogP contribution >= 0.6 is 0 Å². The van der Waals surface area contributed by atoms with Crippen LogP contribution in [-0.2, 0) is 11.2 Å². The molecule has 0 radical (unpaired) electrons.